The summed E-state index contributed by atoms with van der Waals surface area (Å²) in [6.07, 6.45) is 2.88. The zero-order valence-electron chi connectivity index (χ0n) is 11.6. The average molecular weight is 329 g/mol. The molecule has 0 aromatic heterocycles. The quantitative estimate of drug-likeness (QED) is 0.860. The second-order valence-corrected chi connectivity index (χ2v) is 5.47. The molecule has 0 bridgehead atoms. The average Bonchev–Trinajstić information content (AvgIpc) is 2.74. The number of nitrogens with one attached hydrogen (secondary N) is 1. The predicted octanol–water partition coefficient (Wildman–Crippen LogP) is 2.36. The van der Waals surface area contributed by atoms with Crippen molar-refractivity contribution in [3.63, 3.8) is 0 Å². The summed E-state index contributed by atoms with van der Waals surface area (Å²) < 4.78 is 5.64. The van der Waals surface area contributed by atoms with E-state index in [9.17, 15) is 4.79 Å². The monoisotopic (exact) mass is 328 g/mol. The molecule has 4 nitrogen and oxygen atoms in total. The Bertz CT molecular complexity index is 553. The largest absolute Gasteiger partial charge is 0.488 e. The van der Waals surface area contributed by atoms with Gasteiger partial charge >= 0.3 is 0 Å². The van der Waals surface area contributed by atoms with Gasteiger partial charge in [0.2, 0.25) is 0 Å². The van der Waals surface area contributed by atoms with Gasteiger partial charge in [-0.05, 0) is 37.2 Å². The van der Waals surface area contributed by atoms with E-state index in [1.54, 1.807) is 6.07 Å². The van der Waals surface area contributed by atoms with Crippen LogP contribution in [0.5, 0.6) is 5.75 Å². The number of nitrogens with zero attached hydrogens (tertiary/aromatic N) is 1. The van der Waals surface area contributed by atoms with Gasteiger partial charge in [0.15, 0.2) is 0 Å². The van der Waals surface area contributed by atoms with E-state index >= 15 is 0 Å². The van der Waals surface area contributed by atoms with Crippen LogP contribution in [0, 0.1) is 0 Å². The Morgan fingerprint density at radius 1 is 1.29 bits per heavy atom. The summed E-state index contributed by atoms with van der Waals surface area (Å²) in [5.41, 5.74) is 1.57. The summed E-state index contributed by atoms with van der Waals surface area (Å²) in [4.78, 5) is 14.4. The lowest BCUT2D eigenvalue weighted by molar-refractivity contribution is -0.127. The van der Waals surface area contributed by atoms with Crippen molar-refractivity contribution in [2.24, 2.45) is 0 Å². The van der Waals surface area contributed by atoms with Crippen molar-refractivity contribution in [3.05, 3.63) is 34.4 Å². The molecule has 1 N–H and O–H groups in total. The highest BCUT2D eigenvalue weighted by Gasteiger charge is 2.22. The summed E-state index contributed by atoms with van der Waals surface area (Å²) in [6.45, 7) is 3.70. The van der Waals surface area contributed by atoms with Gasteiger partial charge in [-0.1, -0.05) is 11.6 Å². The van der Waals surface area contributed by atoms with Crippen molar-refractivity contribution in [1.29, 1.82) is 0 Å². The third-order valence-corrected chi connectivity index (χ3v) is 3.82. The fourth-order valence-electron chi connectivity index (χ4n) is 2.52. The first-order valence-corrected chi connectivity index (χ1v) is 7.25. The Labute approximate surface area is 135 Å². The van der Waals surface area contributed by atoms with Gasteiger partial charge in [0.05, 0.1) is 5.57 Å². The van der Waals surface area contributed by atoms with Crippen molar-refractivity contribution >= 4 is 36.0 Å². The van der Waals surface area contributed by atoms with Crippen molar-refractivity contribution in [2.45, 2.75) is 6.42 Å². The molecule has 0 atom stereocenters. The van der Waals surface area contributed by atoms with Gasteiger partial charge in [0.25, 0.3) is 5.91 Å². The first-order valence-electron chi connectivity index (χ1n) is 6.87. The van der Waals surface area contributed by atoms with Crippen molar-refractivity contribution in [2.75, 3.05) is 32.8 Å². The second-order valence-electron chi connectivity index (χ2n) is 5.04. The fraction of sp³-hybridized carbons (Fsp3) is 0.400. The van der Waals surface area contributed by atoms with Gasteiger partial charge < -0.3 is 15.0 Å². The molecule has 1 aromatic carbocycles. The molecule has 2 heterocycles. The minimum atomic E-state index is 0. The first-order chi connectivity index (χ1) is 9.74. The Morgan fingerprint density at radius 2 is 2.14 bits per heavy atom. The van der Waals surface area contributed by atoms with Crippen LogP contribution in [0.25, 0.3) is 6.08 Å². The van der Waals surface area contributed by atoms with Crippen LogP contribution in [-0.4, -0.2) is 43.6 Å². The maximum Gasteiger partial charge on any atom is 0.253 e. The van der Waals surface area contributed by atoms with E-state index in [4.69, 9.17) is 16.3 Å². The number of halogens is 2. The van der Waals surface area contributed by atoms with Gasteiger partial charge in [0, 0.05) is 30.2 Å². The van der Waals surface area contributed by atoms with Crippen LogP contribution in [0.2, 0.25) is 5.02 Å². The lowest BCUT2D eigenvalue weighted by Gasteiger charge is -2.24. The van der Waals surface area contributed by atoms with Gasteiger partial charge in [-0.25, -0.2) is 0 Å². The van der Waals surface area contributed by atoms with E-state index in [1.165, 1.54) is 0 Å². The van der Waals surface area contributed by atoms with Crippen molar-refractivity contribution < 1.29 is 9.53 Å². The molecule has 1 aromatic rings. The summed E-state index contributed by atoms with van der Waals surface area (Å²) in [6, 6.07) is 5.46. The molecule has 1 fully saturated rings. The Kier molecular flexibility index (Phi) is 5.51. The van der Waals surface area contributed by atoms with Gasteiger partial charge in [0.1, 0.15) is 12.4 Å². The molecule has 0 aliphatic carbocycles. The number of carbonyl (C=O) groups is 1. The molecule has 6 heteroatoms. The molecule has 1 saturated heterocycles. The smallest absolute Gasteiger partial charge is 0.253 e. The number of carbonyl (C=O) groups excluding carboxylic acids is 1. The Hall–Kier alpha value is -1.23. The highest BCUT2D eigenvalue weighted by atomic mass is 35.5. The molecule has 0 radical (unpaired) electrons. The number of hydrogen-bond donors (Lipinski definition) is 1. The molecule has 0 saturated carbocycles. The Morgan fingerprint density at radius 3 is 3.00 bits per heavy atom. The van der Waals surface area contributed by atoms with E-state index in [0.29, 0.717) is 17.2 Å². The second kappa shape index (κ2) is 7.16. The van der Waals surface area contributed by atoms with E-state index in [2.05, 4.69) is 5.32 Å². The molecule has 2 aliphatic rings. The summed E-state index contributed by atoms with van der Waals surface area (Å²) in [7, 11) is 0. The highest BCUT2D eigenvalue weighted by molar-refractivity contribution is 6.30. The molecule has 1 amide bonds. The SMILES string of the molecule is Cl.O=C(C1=Cc2cc(Cl)ccc2OC1)N1CCCNCC1. The van der Waals surface area contributed by atoms with Crippen LogP contribution >= 0.6 is 24.0 Å². The Balaban J connectivity index is 0.00000161. The third kappa shape index (κ3) is 3.70. The maximum atomic E-state index is 12.5. The molecule has 114 valence electrons. The number of amides is 1. The van der Waals surface area contributed by atoms with Crippen molar-refractivity contribution in [1.82, 2.24) is 10.2 Å². The topological polar surface area (TPSA) is 41.6 Å². The number of hydrogen-bond acceptors (Lipinski definition) is 3. The summed E-state index contributed by atoms with van der Waals surface area (Å²) in [5.74, 6) is 0.850. The fourth-order valence-corrected chi connectivity index (χ4v) is 2.70. The van der Waals surface area contributed by atoms with Crippen LogP contribution in [0.1, 0.15) is 12.0 Å². The lowest BCUT2D eigenvalue weighted by Crippen LogP contribution is -2.36. The van der Waals surface area contributed by atoms with E-state index < -0.39 is 0 Å². The minimum absolute atomic E-state index is 0. The maximum absolute atomic E-state index is 12.5. The zero-order valence-corrected chi connectivity index (χ0v) is 13.2. The molecular formula is C15H18Cl2N2O2. The molecule has 2 aliphatic heterocycles. The highest BCUT2D eigenvalue weighted by Crippen LogP contribution is 2.29. The molecule has 21 heavy (non-hydrogen) atoms. The standard InChI is InChI=1S/C15H17ClN2O2.ClH/c16-13-2-3-14-11(9-13)8-12(10-20-14)15(19)18-6-1-4-17-5-7-18;/h2-3,8-9,17H,1,4-7,10H2;1H. The first kappa shape index (κ1) is 16.1. The third-order valence-electron chi connectivity index (χ3n) is 3.59. The lowest BCUT2D eigenvalue weighted by atomic mass is 10.1. The number of ether oxygens (including phenoxy) is 1. The van der Waals surface area contributed by atoms with Crippen molar-refractivity contribution in [3.8, 4) is 5.75 Å². The molecular weight excluding hydrogens is 311 g/mol. The van der Waals surface area contributed by atoms with Crippen LogP contribution in [-0.2, 0) is 4.79 Å². The number of fused-ring (bicyclic) bond motifs is 1. The van der Waals surface area contributed by atoms with E-state index in [0.717, 1.165) is 43.9 Å². The summed E-state index contributed by atoms with van der Waals surface area (Å²) >= 11 is 5.99. The van der Waals surface area contributed by atoms with Crippen LogP contribution < -0.4 is 10.1 Å². The predicted molar refractivity (Wildman–Crippen MR) is 86.2 cm³/mol. The van der Waals surface area contributed by atoms with Gasteiger partial charge in [-0.2, -0.15) is 0 Å². The van der Waals surface area contributed by atoms with E-state index in [1.807, 2.05) is 23.1 Å². The van der Waals surface area contributed by atoms with Crippen LogP contribution in [0.3, 0.4) is 0 Å². The van der Waals surface area contributed by atoms with E-state index in [-0.39, 0.29) is 18.3 Å². The summed E-state index contributed by atoms with van der Waals surface area (Å²) in [5, 5.41) is 3.95. The van der Waals surface area contributed by atoms with Gasteiger partial charge in [-0.3, -0.25) is 4.79 Å². The van der Waals surface area contributed by atoms with Crippen LogP contribution in [0.4, 0.5) is 0 Å². The number of benzene rings is 1. The molecule has 0 unspecified atom stereocenters. The normalized spacial score (nSPS) is 17.8. The minimum Gasteiger partial charge on any atom is -0.488 e. The molecule has 3 rings (SSSR count). The van der Waals surface area contributed by atoms with Gasteiger partial charge in [-0.15, -0.1) is 12.4 Å². The number of rotatable bonds is 1. The zero-order chi connectivity index (χ0) is 13.9. The molecule has 0 spiro atoms. The van der Waals surface area contributed by atoms with Crippen LogP contribution in [0.15, 0.2) is 23.8 Å².